The quantitative estimate of drug-likeness (QED) is 0.610. The molecule has 0 unspecified atom stereocenters. The summed E-state index contributed by atoms with van der Waals surface area (Å²) in [5, 5.41) is 12.0. The van der Waals surface area contributed by atoms with Gasteiger partial charge in [0.15, 0.2) is 11.0 Å². The zero-order valence-corrected chi connectivity index (χ0v) is 17.3. The maximum absolute atomic E-state index is 12.2. The molecule has 0 aliphatic carbocycles. The van der Waals surface area contributed by atoms with Gasteiger partial charge in [0.25, 0.3) is 0 Å². The van der Waals surface area contributed by atoms with E-state index in [1.807, 2.05) is 61.9 Å². The minimum absolute atomic E-state index is 0.0736. The molecule has 7 heteroatoms. The van der Waals surface area contributed by atoms with Crippen molar-refractivity contribution in [2.24, 2.45) is 7.05 Å². The number of benzene rings is 2. The summed E-state index contributed by atoms with van der Waals surface area (Å²) in [7, 11) is 1.88. The monoisotopic (exact) mass is 396 g/mol. The molecule has 0 saturated carbocycles. The van der Waals surface area contributed by atoms with Crippen molar-refractivity contribution in [2.45, 2.75) is 32.5 Å². The van der Waals surface area contributed by atoms with Crippen LogP contribution in [0.3, 0.4) is 0 Å². The summed E-state index contributed by atoms with van der Waals surface area (Å²) in [6.07, 6.45) is 0. The van der Waals surface area contributed by atoms with Gasteiger partial charge in [-0.05, 0) is 49.6 Å². The molecule has 3 rings (SSSR count). The first-order chi connectivity index (χ1) is 13.5. The number of rotatable bonds is 7. The average Bonchev–Trinajstić information content (AvgIpc) is 3.03. The van der Waals surface area contributed by atoms with Crippen molar-refractivity contribution in [1.29, 1.82) is 0 Å². The SMILES string of the molecule is Cc1ccccc1NC(=O)CSc1nnc(COc2cccc(C)c2C)n1C. The first-order valence-corrected chi connectivity index (χ1v) is 10.00. The van der Waals surface area contributed by atoms with Crippen molar-refractivity contribution in [3.63, 3.8) is 0 Å². The number of nitrogens with one attached hydrogen (secondary N) is 1. The molecule has 3 aromatic rings. The van der Waals surface area contributed by atoms with E-state index in [1.54, 1.807) is 0 Å². The molecule has 0 saturated heterocycles. The standard InChI is InChI=1S/C21H24N4O2S/c1-14-9-7-11-18(16(14)3)27-12-19-23-24-21(25(19)4)28-13-20(26)22-17-10-6-5-8-15(17)2/h5-11H,12-13H2,1-4H3,(H,22,26). The molecule has 1 N–H and O–H groups in total. The second-order valence-electron chi connectivity index (χ2n) is 6.60. The Bertz CT molecular complexity index is 984. The van der Waals surface area contributed by atoms with Gasteiger partial charge in [0.2, 0.25) is 5.91 Å². The van der Waals surface area contributed by atoms with E-state index in [9.17, 15) is 4.79 Å². The Balaban J connectivity index is 1.56. The number of amides is 1. The number of para-hydroxylation sites is 1. The van der Waals surface area contributed by atoms with E-state index in [1.165, 1.54) is 17.3 Å². The number of aromatic nitrogens is 3. The number of anilines is 1. The molecule has 28 heavy (non-hydrogen) atoms. The van der Waals surface area contributed by atoms with Crippen LogP contribution in [0.15, 0.2) is 47.6 Å². The fraction of sp³-hybridized carbons (Fsp3) is 0.286. The summed E-state index contributed by atoms with van der Waals surface area (Å²) in [5.41, 5.74) is 4.16. The highest BCUT2D eigenvalue weighted by molar-refractivity contribution is 7.99. The average molecular weight is 397 g/mol. The third-order valence-electron chi connectivity index (χ3n) is 4.59. The molecule has 146 valence electrons. The Morgan fingerprint density at radius 2 is 1.82 bits per heavy atom. The minimum Gasteiger partial charge on any atom is -0.485 e. The maximum Gasteiger partial charge on any atom is 0.234 e. The van der Waals surface area contributed by atoms with Crippen molar-refractivity contribution in [1.82, 2.24) is 14.8 Å². The highest BCUT2D eigenvalue weighted by atomic mass is 32.2. The lowest BCUT2D eigenvalue weighted by atomic mass is 10.1. The van der Waals surface area contributed by atoms with Crippen LogP contribution in [-0.2, 0) is 18.4 Å². The number of aryl methyl sites for hydroxylation is 2. The van der Waals surface area contributed by atoms with E-state index >= 15 is 0 Å². The molecule has 0 fully saturated rings. The van der Waals surface area contributed by atoms with Crippen molar-refractivity contribution in [3.05, 3.63) is 65.0 Å². The van der Waals surface area contributed by atoms with Gasteiger partial charge in [0.05, 0.1) is 5.75 Å². The molecule has 0 aliphatic heterocycles. The van der Waals surface area contributed by atoms with Crippen molar-refractivity contribution >= 4 is 23.4 Å². The van der Waals surface area contributed by atoms with Gasteiger partial charge in [-0.2, -0.15) is 0 Å². The van der Waals surface area contributed by atoms with Gasteiger partial charge in [-0.15, -0.1) is 10.2 Å². The Morgan fingerprint density at radius 3 is 2.61 bits per heavy atom. The van der Waals surface area contributed by atoms with Crippen LogP contribution in [0.25, 0.3) is 0 Å². The number of hydrogen-bond donors (Lipinski definition) is 1. The third kappa shape index (κ3) is 4.72. The van der Waals surface area contributed by atoms with Gasteiger partial charge < -0.3 is 14.6 Å². The molecular weight excluding hydrogens is 372 g/mol. The number of ether oxygens (including phenoxy) is 1. The Labute approximate surface area is 169 Å². The molecule has 0 atom stereocenters. The number of carbonyl (C=O) groups excluding carboxylic acids is 1. The smallest absolute Gasteiger partial charge is 0.234 e. The minimum atomic E-state index is -0.0736. The second kappa shape index (κ2) is 8.93. The van der Waals surface area contributed by atoms with E-state index in [-0.39, 0.29) is 11.7 Å². The highest BCUT2D eigenvalue weighted by Gasteiger charge is 2.13. The molecule has 0 bridgehead atoms. The van der Waals surface area contributed by atoms with Crippen LogP contribution in [0.2, 0.25) is 0 Å². The summed E-state index contributed by atoms with van der Waals surface area (Å²) < 4.78 is 7.76. The molecular formula is C21H24N4O2S. The number of thioether (sulfide) groups is 1. The van der Waals surface area contributed by atoms with Gasteiger partial charge >= 0.3 is 0 Å². The Kier molecular flexibility index (Phi) is 6.36. The first kappa shape index (κ1) is 19.9. The van der Waals surface area contributed by atoms with Crippen LogP contribution in [0.4, 0.5) is 5.69 Å². The zero-order chi connectivity index (χ0) is 20.1. The van der Waals surface area contributed by atoms with Crippen LogP contribution in [-0.4, -0.2) is 26.4 Å². The van der Waals surface area contributed by atoms with E-state index < -0.39 is 0 Å². The predicted octanol–water partition coefficient (Wildman–Crippen LogP) is 4.05. The lowest BCUT2D eigenvalue weighted by Crippen LogP contribution is -2.15. The van der Waals surface area contributed by atoms with Crippen molar-refractivity contribution < 1.29 is 9.53 Å². The van der Waals surface area contributed by atoms with Crippen molar-refractivity contribution in [3.8, 4) is 5.75 Å². The summed E-state index contributed by atoms with van der Waals surface area (Å²) in [4.78, 5) is 12.2. The van der Waals surface area contributed by atoms with E-state index in [0.29, 0.717) is 17.6 Å². The molecule has 0 spiro atoms. The lowest BCUT2D eigenvalue weighted by Gasteiger charge is -2.10. The highest BCUT2D eigenvalue weighted by Crippen LogP contribution is 2.22. The van der Waals surface area contributed by atoms with Crippen molar-refractivity contribution in [2.75, 3.05) is 11.1 Å². The summed E-state index contributed by atoms with van der Waals surface area (Å²) in [6.45, 7) is 6.38. The third-order valence-corrected chi connectivity index (χ3v) is 5.61. The van der Waals surface area contributed by atoms with Gasteiger partial charge in [0, 0.05) is 12.7 Å². The molecule has 0 aliphatic rings. The van der Waals surface area contributed by atoms with E-state index in [0.717, 1.165) is 22.6 Å². The van der Waals surface area contributed by atoms with Crippen LogP contribution in [0.1, 0.15) is 22.5 Å². The first-order valence-electron chi connectivity index (χ1n) is 9.01. The molecule has 1 amide bonds. The lowest BCUT2D eigenvalue weighted by molar-refractivity contribution is -0.113. The van der Waals surface area contributed by atoms with Crippen LogP contribution >= 0.6 is 11.8 Å². The van der Waals surface area contributed by atoms with Gasteiger partial charge in [0.1, 0.15) is 12.4 Å². The summed E-state index contributed by atoms with van der Waals surface area (Å²) in [5.74, 6) is 1.74. The van der Waals surface area contributed by atoms with Crippen LogP contribution in [0.5, 0.6) is 5.75 Å². The maximum atomic E-state index is 12.2. The fourth-order valence-corrected chi connectivity index (χ4v) is 3.38. The van der Waals surface area contributed by atoms with Gasteiger partial charge in [-0.3, -0.25) is 4.79 Å². The number of carbonyl (C=O) groups is 1. The molecule has 0 radical (unpaired) electrons. The molecule has 2 aromatic carbocycles. The number of nitrogens with zero attached hydrogens (tertiary/aromatic N) is 3. The largest absolute Gasteiger partial charge is 0.485 e. The normalized spacial score (nSPS) is 10.7. The zero-order valence-electron chi connectivity index (χ0n) is 16.5. The molecule has 6 nitrogen and oxygen atoms in total. The van der Waals surface area contributed by atoms with Crippen LogP contribution in [0, 0.1) is 20.8 Å². The topological polar surface area (TPSA) is 69.0 Å². The van der Waals surface area contributed by atoms with Crippen LogP contribution < -0.4 is 10.1 Å². The van der Waals surface area contributed by atoms with E-state index in [2.05, 4.69) is 28.5 Å². The Morgan fingerprint density at radius 1 is 1.07 bits per heavy atom. The summed E-state index contributed by atoms with van der Waals surface area (Å²) in [6, 6.07) is 13.7. The molecule has 1 aromatic heterocycles. The summed E-state index contributed by atoms with van der Waals surface area (Å²) >= 11 is 1.35. The number of hydrogen-bond acceptors (Lipinski definition) is 5. The van der Waals surface area contributed by atoms with Gasteiger partial charge in [-0.25, -0.2) is 0 Å². The second-order valence-corrected chi connectivity index (χ2v) is 7.54. The Hall–Kier alpha value is -2.80. The predicted molar refractivity (Wildman–Crippen MR) is 112 cm³/mol. The molecule has 1 heterocycles. The fourth-order valence-electron chi connectivity index (χ4n) is 2.65. The van der Waals surface area contributed by atoms with Gasteiger partial charge in [-0.1, -0.05) is 42.1 Å². The van der Waals surface area contributed by atoms with E-state index in [4.69, 9.17) is 4.74 Å².